The second-order valence-corrected chi connectivity index (χ2v) is 9.76. The van der Waals surface area contributed by atoms with Gasteiger partial charge in [-0.2, -0.15) is 0 Å². The lowest BCUT2D eigenvalue weighted by atomic mass is 9.99. The Morgan fingerprint density at radius 2 is 1.51 bits per heavy atom. The van der Waals surface area contributed by atoms with Crippen molar-refractivity contribution >= 4 is 35.7 Å². The van der Waals surface area contributed by atoms with E-state index in [9.17, 15) is 14.4 Å². The minimum absolute atomic E-state index is 0.0810. The van der Waals surface area contributed by atoms with Gasteiger partial charge in [0.25, 0.3) is 5.91 Å². The highest BCUT2D eigenvalue weighted by Crippen LogP contribution is 2.45. The topological polar surface area (TPSA) is 72.9 Å². The lowest BCUT2D eigenvalue weighted by Crippen LogP contribution is -2.56. The summed E-state index contributed by atoms with van der Waals surface area (Å²) in [5, 5.41) is -0.316. The van der Waals surface area contributed by atoms with Gasteiger partial charge in [0.05, 0.1) is 5.57 Å². The van der Waals surface area contributed by atoms with E-state index in [1.54, 1.807) is 0 Å². The van der Waals surface area contributed by atoms with Crippen LogP contribution in [0.2, 0.25) is 0 Å². The van der Waals surface area contributed by atoms with Gasteiger partial charge in [0.2, 0.25) is 0 Å². The van der Waals surface area contributed by atoms with Crippen molar-refractivity contribution in [3.63, 3.8) is 0 Å². The van der Waals surface area contributed by atoms with Crippen LogP contribution in [-0.4, -0.2) is 40.5 Å². The fraction of sp³-hybridized carbons (Fsp3) is 0.167. The van der Waals surface area contributed by atoms with Crippen LogP contribution in [0.4, 0.5) is 0 Å². The van der Waals surface area contributed by atoms with Crippen LogP contribution in [0.1, 0.15) is 29.7 Å². The van der Waals surface area contributed by atoms with Crippen LogP contribution in [-0.2, 0) is 23.9 Å². The van der Waals surface area contributed by atoms with Crippen molar-refractivity contribution in [2.45, 2.75) is 18.4 Å². The van der Waals surface area contributed by atoms with E-state index < -0.39 is 18.0 Å². The average Bonchev–Trinajstić information content (AvgIpc) is 2.94. The zero-order valence-electron chi connectivity index (χ0n) is 20.2. The maximum Gasteiger partial charge on any atom is 0.356 e. The Bertz CT molecular complexity index is 1330. The molecule has 3 aromatic rings. The molecule has 0 unspecified atom stereocenters. The molecule has 0 spiro atoms. The number of thioether (sulfide) groups is 1. The number of amides is 1. The summed E-state index contributed by atoms with van der Waals surface area (Å²) in [6.07, 6.45) is 1.19. The Balaban J connectivity index is 1.48. The van der Waals surface area contributed by atoms with E-state index in [0.29, 0.717) is 16.9 Å². The van der Waals surface area contributed by atoms with Gasteiger partial charge in [-0.25, -0.2) is 4.79 Å². The molecule has 5 rings (SSSR count). The van der Waals surface area contributed by atoms with Crippen LogP contribution >= 0.6 is 11.8 Å². The van der Waals surface area contributed by atoms with E-state index in [1.165, 1.54) is 23.6 Å². The molecule has 7 heteroatoms. The minimum atomic E-state index is -0.666. The summed E-state index contributed by atoms with van der Waals surface area (Å²) in [6, 6.07) is 28.5. The lowest BCUT2D eigenvalue weighted by molar-refractivity contribution is -0.149. The molecule has 0 N–H and O–H groups in total. The number of hydrogen-bond donors (Lipinski definition) is 0. The SMILES string of the molecule is CC(=O)OCC1=C(C(=O)OC(c2ccccc2)c2ccccc2)N2C(=O)/C(=C/c3ccccc3)[C@H]2SC1. The zero-order valence-corrected chi connectivity index (χ0v) is 21.0. The number of carbonyl (C=O) groups excluding carboxylic acids is 3. The molecule has 0 bridgehead atoms. The van der Waals surface area contributed by atoms with Gasteiger partial charge in [-0.15, -0.1) is 11.8 Å². The average molecular weight is 512 g/mol. The summed E-state index contributed by atoms with van der Waals surface area (Å²) in [6.45, 7) is 1.23. The quantitative estimate of drug-likeness (QED) is 0.249. The normalized spacial score (nSPS) is 17.9. The van der Waals surface area contributed by atoms with Crippen LogP contribution in [0.25, 0.3) is 6.08 Å². The molecule has 0 aliphatic carbocycles. The Hall–Kier alpha value is -4.10. The number of β-lactam (4-membered cyclic amide) rings is 1. The van der Waals surface area contributed by atoms with Crippen LogP contribution in [0.3, 0.4) is 0 Å². The molecule has 2 aliphatic heterocycles. The first-order chi connectivity index (χ1) is 18.0. The third-order valence-electron chi connectivity index (χ3n) is 6.15. The number of fused-ring (bicyclic) bond motifs is 1. The fourth-order valence-electron chi connectivity index (χ4n) is 4.38. The largest absolute Gasteiger partial charge is 0.461 e. The van der Waals surface area contributed by atoms with Gasteiger partial charge < -0.3 is 9.47 Å². The number of ether oxygens (including phenoxy) is 2. The predicted molar refractivity (Wildman–Crippen MR) is 142 cm³/mol. The third kappa shape index (κ3) is 5.22. The van der Waals surface area contributed by atoms with Crippen molar-refractivity contribution in [2.75, 3.05) is 12.4 Å². The molecule has 0 aromatic heterocycles. The second-order valence-electron chi connectivity index (χ2n) is 8.69. The van der Waals surface area contributed by atoms with Crippen LogP contribution in [0, 0.1) is 0 Å². The Labute approximate surface area is 219 Å². The third-order valence-corrected chi connectivity index (χ3v) is 7.45. The van der Waals surface area contributed by atoms with Crippen molar-refractivity contribution in [1.29, 1.82) is 0 Å². The van der Waals surface area contributed by atoms with Crippen molar-refractivity contribution in [2.24, 2.45) is 0 Å². The molecule has 1 atom stereocenters. The van der Waals surface area contributed by atoms with E-state index in [1.807, 2.05) is 97.1 Å². The van der Waals surface area contributed by atoms with Gasteiger partial charge in [0.1, 0.15) is 17.7 Å². The molecule has 0 radical (unpaired) electrons. The molecule has 2 heterocycles. The summed E-state index contributed by atoms with van der Waals surface area (Å²) in [7, 11) is 0. The van der Waals surface area contributed by atoms with Gasteiger partial charge in [-0.3, -0.25) is 14.5 Å². The molecule has 1 saturated heterocycles. The first-order valence-corrected chi connectivity index (χ1v) is 13.0. The molecule has 1 fully saturated rings. The van der Waals surface area contributed by atoms with Gasteiger partial charge in [0, 0.05) is 18.2 Å². The lowest BCUT2D eigenvalue weighted by Gasteiger charge is -2.46. The monoisotopic (exact) mass is 511 g/mol. The molecule has 2 aliphatic rings. The summed E-state index contributed by atoms with van der Waals surface area (Å²) in [4.78, 5) is 40.1. The van der Waals surface area contributed by atoms with Crippen molar-refractivity contribution < 1.29 is 23.9 Å². The predicted octanol–water partition coefficient (Wildman–Crippen LogP) is 5.14. The number of hydrogen-bond acceptors (Lipinski definition) is 6. The van der Waals surface area contributed by atoms with Gasteiger partial charge in [0.15, 0.2) is 6.10 Å². The number of carbonyl (C=O) groups is 3. The summed E-state index contributed by atoms with van der Waals surface area (Å²) in [5.41, 5.74) is 3.86. The minimum Gasteiger partial charge on any atom is -0.461 e. The highest BCUT2D eigenvalue weighted by molar-refractivity contribution is 8.00. The Kier molecular flexibility index (Phi) is 7.23. The summed E-state index contributed by atoms with van der Waals surface area (Å²) < 4.78 is 11.3. The number of benzene rings is 3. The van der Waals surface area contributed by atoms with Crippen molar-refractivity contribution in [1.82, 2.24) is 4.90 Å². The smallest absolute Gasteiger partial charge is 0.356 e. The Morgan fingerprint density at radius 3 is 2.08 bits per heavy atom. The van der Waals surface area contributed by atoms with E-state index in [2.05, 4.69) is 0 Å². The summed E-state index contributed by atoms with van der Waals surface area (Å²) >= 11 is 1.52. The molecule has 6 nitrogen and oxygen atoms in total. The fourth-order valence-corrected chi connectivity index (χ4v) is 5.65. The standard InChI is InChI=1S/C30H25NO5S/c1-20(32)35-18-24-19-37-29-25(17-21-11-5-2-6-12-21)28(33)31(29)26(24)30(34)36-27(22-13-7-3-8-14-22)23-15-9-4-10-16-23/h2-17,27,29H,18-19H2,1H3/b25-17-/t29-/m1/s1. The van der Waals surface area contributed by atoms with Crippen molar-refractivity contribution in [3.05, 3.63) is 125 Å². The second kappa shape index (κ2) is 10.9. The highest BCUT2D eigenvalue weighted by Gasteiger charge is 2.50. The van der Waals surface area contributed by atoms with Crippen LogP contribution in [0.15, 0.2) is 108 Å². The Morgan fingerprint density at radius 1 is 0.946 bits per heavy atom. The number of esters is 2. The maximum absolute atomic E-state index is 13.8. The van der Waals surface area contributed by atoms with Crippen molar-refractivity contribution in [3.8, 4) is 0 Å². The summed E-state index contributed by atoms with van der Waals surface area (Å²) in [5.74, 6) is -0.917. The van der Waals surface area contributed by atoms with E-state index in [-0.39, 0.29) is 23.6 Å². The molecule has 3 aromatic carbocycles. The van der Waals surface area contributed by atoms with Gasteiger partial charge in [-0.05, 0) is 22.8 Å². The van der Waals surface area contributed by atoms with Crippen LogP contribution in [0.5, 0.6) is 0 Å². The van der Waals surface area contributed by atoms with Crippen LogP contribution < -0.4 is 0 Å². The first kappa shape index (κ1) is 24.6. The van der Waals surface area contributed by atoms with E-state index in [0.717, 1.165) is 16.7 Å². The van der Waals surface area contributed by atoms with Gasteiger partial charge in [-0.1, -0.05) is 91.0 Å². The molecule has 0 saturated carbocycles. The highest BCUT2D eigenvalue weighted by atomic mass is 32.2. The number of nitrogens with zero attached hydrogens (tertiary/aromatic N) is 1. The first-order valence-electron chi connectivity index (χ1n) is 11.9. The molecular weight excluding hydrogens is 486 g/mol. The maximum atomic E-state index is 13.8. The van der Waals surface area contributed by atoms with E-state index in [4.69, 9.17) is 9.47 Å². The zero-order chi connectivity index (χ0) is 25.8. The number of rotatable bonds is 7. The van der Waals surface area contributed by atoms with Gasteiger partial charge >= 0.3 is 11.9 Å². The van der Waals surface area contributed by atoms with E-state index >= 15 is 0 Å². The molecular formula is C30H25NO5S. The molecule has 1 amide bonds. The molecule has 186 valence electrons. The molecule has 37 heavy (non-hydrogen) atoms.